The van der Waals surface area contributed by atoms with E-state index in [0.29, 0.717) is 32.5 Å². The maximum absolute atomic E-state index is 12.8. The zero-order valence-electron chi connectivity index (χ0n) is 16.3. The Balaban J connectivity index is 1.71. The van der Waals surface area contributed by atoms with E-state index in [1.54, 1.807) is 18.6 Å². The van der Waals surface area contributed by atoms with Crippen LogP contribution in [0.5, 0.6) is 11.5 Å². The maximum Gasteiger partial charge on any atom is 0.376 e. The Kier molecular flexibility index (Phi) is 7.05. The number of thioether (sulfide) groups is 1. The van der Waals surface area contributed by atoms with Crippen molar-refractivity contribution in [3.63, 3.8) is 0 Å². The van der Waals surface area contributed by atoms with Crippen LogP contribution in [0.25, 0.3) is 0 Å². The minimum atomic E-state index is -0.622. The Morgan fingerprint density at radius 1 is 1.11 bits per heavy atom. The monoisotopic (exact) mass is 399 g/mol. The molecule has 1 N–H and O–H groups in total. The largest absolute Gasteiger partial charge is 0.465 e. The molecule has 1 heterocycles. The van der Waals surface area contributed by atoms with Crippen molar-refractivity contribution in [2.24, 2.45) is 0 Å². The fraction of sp³-hybridized carbons (Fsp3) is 0.381. The van der Waals surface area contributed by atoms with Crippen LogP contribution in [0.1, 0.15) is 19.8 Å². The van der Waals surface area contributed by atoms with Crippen LogP contribution < -0.4 is 4.74 Å². The summed E-state index contributed by atoms with van der Waals surface area (Å²) in [6, 6.07) is 17.4. The first-order chi connectivity index (χ1) is 13.5. The van der Waals surface area contributed by atoms with E-state index < -0.39 is 11.8 Å². The Labute approximate surface area is 171 Å². The normalized spacial score (nSPS) is 16.4. The van der Waals surface area contributed by atoms with Gasteiger partial charge in [-0.05, 0) is 76.1 Å². The lowest BCUT2D eigenvalue weighted by Gasteiger charge is -2.39. The highest BCUT2D eigenvalue weighted by molar-refractivity contribution is 8.01. The van der Waals surface area contributed by atoms with Gasteiger partial charge in [0, 0.05) is 4.90 Å². The molecule has 1 aliphatic heterocycles. The maximum atomic E-state index is 12.8. The number of carbonyl (C=O) groups is 1. The molecule has 0 atom stereocenters. The first-order valence-electron chi connectivity index (χ1n) is 9.64. The third kappa shape index (κ3) is 5.10. The van der Waals surface area contributed by atoms with Crippen molar-refractivity contribution >= 4 is 24.8 Å². The predicted molar refractivity (Wildman–Crippen MR) is 113 cm³/mol. The summed E-state index contributed by atoms with van der Waals surface area (Å²) < 4.78 is 10.6. The number of hydrogen-bond donors (Lipinski definition) is 1. The zero-order valence-corrected chi connectivity index (χ0v) is 17.2. The van der Waals surface area contributed by atoms with Gasteiger partial charge in [-0.25, -0.2) is 0 Å². The molecule has 2 aromatic carbocycles. The topological polar surface area (TPSA) is 59.0 Å². The molecule has 1 aliphatic rings. The van der Waals surface area contributed by atoms with Crippen LogP contribution in [0.15, 0.2) is 59.5 Å². The van der Waals surface area contributed by atoms with Crippen molar-refractivity contribution in [3.05, 3.63) is 54.6 Å². The summed E-state index contributed by atoms with van der Waals surface area (Å²) in [5, 5.41) is 9.82. The van der Waals surface area contributed by atoms with E-state index in [2.05, 4.69) is 0 Å². The molecule has 0 aliphatic carbocycles. The molecule has 28 heavy (non-hydrogen) atoms. The molecular formula is C21H26BNO4S. The van der Waals surface area contributed by atoms with Crippen molar-refractivity contribution in [1.29, 1.82) is 0 Å². The van der Waals surface area contributed by atoms with Gasteiger partial charge in [-0.15, -0.1) is 11.8 Å². The molecule has 0 aromatic heterocycles. The van der Waals surface area contributed by atoms with Crippen molar-refractivity contribution in [2.75, 3.05) is 19.7 Å². The van der Waals surface area contributed by atoms with Crippen LogP contribution in [0.3, 0.4) is 0 Å². The Hall–Kier alpha value is -1.96. The van der Waals surface area contributed by atoms with E-state index in [9.17, 15) is 9.82 Å². The molecule has 7 heteroatoms. The number of para-hydroxylation sites is 1. The second-order valence-corrected chi connectivity index (χ2v) is 8.33. The molecule has 0 radical (unpaired) electrons. The number of esters is 1. The molecule has 3 rings (SSSR count). The number of carbonyl (C=O) groups excluding carboxylic acids is 1. The minimum absolute atomic E-state index is 0.171. The summed E-state index contributed by atoms with van der Waals surface area (Å²) >= 11 is 1.55. The predicted octanol–water partition coefficient (Wildman–Crippen LogP) is 4.08. The van der Waals surface area contributed by atoms with E-state index in [-0.39, 0.29) is 5.97 Å². The highest BCUT2D eigenvalue weighted by Gasteiger charge is 2.44. The van der Waals surface area contributed by atoms with E-state index in [1.165, 1.54) is 0 Å². The fourth-order valence-electron chi connectivity index (χ4n) is 3.30. The van der Waals surface area contributed by atoms with Crippen LogP contribution in [0.2, 0.25) is 6.82 Å². The van der Waals surface area contributed by atoms with E-state index >= 15 is 0 Å². The summed E-state index contributed by atoms with van der Waals surface area (Å²) in [4.78, 5) is 15.7. The lowest BCUT2D eigenvalue weighted by atomic mass is 9.80. The van der Waals surface area contributed by atoms with Gasteiger partial charge in [-0.3, -0.25) is 4.79 Å². The summed E-state index contributed by atoms with van der Waals surface area (Å²) in [6.45, 7) is 5.29. The van der Waals surface area contributed by atoms with Crippen LogP contribution in [0.4, 0.5) is 0 Å². The molecule has 5 nitrogen and oxygen atoms in total. The lowest BCUT2D eigenvalue weighted by Crippen LogP contribution is -2.51. The molecular weight excluding hydrogens is 373 g/mol. The van der Waals surface area contributed by atoms with Crippen molar-refractivity contribution < 1.29 is 19.3 Å². The van der Waals surface area contributed by atoms with Gasteiger partial charge in [0.05, 0.1) is 6.61 Å². The molecule has 0 spiro atoms. The van der Waals surface area contributed by atoms with Crippen molar-refractivity contribution in [2.45, 2.75) is 36.2 Å². The summed E-state index contributed by atoms with van der Waals surface area (Å²) in [7, 11) is -0.500. The van der Waals surface area contributed by atoms with Crippen molar-refractivity contribution in [3.8, 4) is 11.5 Å². The number of hydrogen-bond acceptors (Lipinski definition) is 6. The van der Waals surface area contributed by atoms with Crippen LogP contribution >= 0.6 is 11.8 Å². The van der Waals surface area contributed by atoms with Gasteiger partial charge < -0.3 is 19.3 Å². The molecule has 148 valence electrons. The summed E-state index contributed by atoms with van der Waals surface area (Å²) in [5.74, 6) is 1.37. The first kappa shape index (κ1) is 20.8. The molecule has 0 amide bonds. The Morgan fingerprint density at radius 2 is 1.71 bits per heavy atom. The second-order valence-electron chi connectivity index (χ2n) is 6.87. The van der Waals surface area contributed by atoms with Crippen LogP contribution in [-0.2, 0) is 9.53 Å². The fourth-order valence-corrected chi connectivity index (χ4v) is 4.55. The van der Waals surface area contributed by atoms with Gasteiger partial charge in [0.15, 0.2) is 0 Å². The number of nitrogens with zero attached hydrogens (tertiary/aromatic N) is 1. The highest BCUT2D eigenvalue weighted by Crippen LogP contribution is 2.42. The highest BCUT2D eigenvalue weighted by atomic mass is 32.2. The Morgan fingerprint density at radius 3 is 2.29 bits per heavy atom. The second kappa shape index (κ2) is 9.50. The van der Waals surface area contributed by atoms with Gasteiger partial charge in [-0.2, -0.15) is 0 Å². The van der Waals surface area contributed by atoms with Gasteiger partial charge >= 0.3 is 13.0 Å². The van der Waals surface area contributed by atoms with E-state index in [0.717, 1.165) is 16.4 Å². The zero-order chi connectivity index (χ0) is 20.0. The average molecular weight is 399 g/mol. The quantitative estimate of drug-likeness (QED) is 0.559. The standard InChI is InChI=1S/C21H26BNO4S/c1-3-26-20(24)21(13-15-23(16-14-21)22(2)25)28-19-11-9-18(10-12-19)27-17-7-5-4-6-8-17/h4-12,25H,3,13-16H2,1-2H3. The van der Waals surface area contributed by atoms with Gasteiger partial charge in [0.25, 0.3) is 0 Å². The van der Waals surface area contributed by atoms with E-state index in [4.69, 9.17) is 9.47 Å². The molecule has 2 aromatic rings. The van der Waals surface area contributed by atoms with Crippen molar-refractivity contribution in [1.82, 2.24) is 4.81 Å². The summed E-state index contributed by atoms with van der Waals surface area (Å²) in [6.07, 6.45) is 1.29. The first-order valence-corrected chi connectivity index (χ1v) is 10.5. The molecule has 0 saturated carbocycles. The lowest BCUT2D eigenvalue weighted by molar-refractivity contribution is -0.147. The van der Waals surface area contributed by atoms with Gasteiger partial charge in [-0.1, -0.05) is 18.2 Å². The van der Waals surface area contributed by atoms with Crippen LogP contribution in [-0.4, -0.2) is 47.3 Å². The molecule has 1 saturated heterocycles. The smallest absolute Gasteiger partial charge is 0.376 e. The Bertz CT molecular complexity index is 762. The number of rotatable bonds is 7. The third-order valence-electron chi connectivity index (χ3n) is 4.90. The minimum Gasteiger partial charge on any atom is -0.465 e. The molecule has 1 fully saturated rings. The number of benzene rings is 2. The SMILES string of the molecule is CCOC(=O)C1(Sc2ccc(Oc3ccccc3)cc2)CCN(B(C)O)CC1. The van der Waals surface area contributed by atoms with Gasteiger partial charge in [0.1, 0.15) is 16.2 Å². The summed E-state index contributed by atoms with van der Waals surface area (Å²) in [5.41, 5.74) is 0. The van der Waals surface area contributed by atoms with Gasteiger partial charge in [0.2, 0.25) is 0 Å². The molecule has 0 unspecified atom stereocenters. The molecule has 0 bridgehead atoms. The number of ether oxygens (including phenoxy) is 2. The average Bonchev–Trinajstić information content (AvgIpc) is 2.71. The van der Waals surface area contributed by atoms with Crippen LogP contribution in [0, 0.1) is 0 Å². The third-order valence-corrected chi connectivity index (χ3v) is 6.37. The van der Waals surface area contributed by atoms with E-state index in [1.807, 2.05) is 66.3 Å². The number of piperidine rings is 1.